The number of ketones is 1. The fourth-order valence-electron chi connectivity index (χ4n) is 6.62. The first-order chi connectivity index (χ1) is 19.3. The van der Waals surface area contributed by atoms with Crippen LogP contribution in [0.1, 0.15) is 33.5 Å². The van der Waals surface area contributed by atoms with Crippen LogP contribution in [0.2, 0.25) is 5.02 Å². The smallest absolute Gasteiger partial charge is 0.244 e. The van der Waals surface area contributed by atoms with Crippen LogP contribution in [0.15, 0.2) is 95.7 Å². The van der Waals surface area contributed by atoms with Crippen LogP contribution in [0, 0.1) is 24.2 Å². The molecule has 3 aliphatic rings. The lowest BCUT2D eigenvalue weighted by Gasteiger charge is -2.46. The Kier molecular flexibility index (Phi) is 6.37. The maximum absolute atomic E-state index is 14.6. The number of likely N-dealkylation sites (N-methyl/N-ethyl adjacent to an activating group) is 1. The third-order valence-electron chi connectivity index (χ3n) is 8.62. The number of nitrogens with two attached hydrogens (primary N) is 1. The van der Waals surface area contributed by atoms with Crippen molar-refractivity contribution in [2.24, 2.45) is 11.7 Å². The second-order valence-corrected chi connectivity index (χ2v) is 11.4. The Balaban J connectivity index is 1.52. The van der Waals surface area contributed by atoms with E-state index in [0.717, 1.165) is 22.4 Å². The first-order valence-electron chi connectivity index (χ1n) is 13.3. The van der Waals surface area contributed by atoms with Gasteiger partial charge in [0.1, 0.15) is 11.5 Å². The highest BCUT2D eigenvalue weighted by molar-refractivity contribution is 6.31. The quantitative estimate of drug-likeness (QED) is 0.446. The molecule has 0 saturated heterocycles. The number of anilines is 1. The van der Waals surface area contributed by atoms with Gasteiger partial charge in [-0.1, -0.05) is 77.8 Å². The molecule has 3 atom stereocenters. The monoisotopic (exact) mass is 548 g/mol. The van der Waals surface area contributed by atoms with Crippen molar-refractivity contribution in [1.82, 2.24) is 4.90 Å². The van der Waals surface area contributed by atoms with Gasteiger partial charge in [-0.2, -0.15) is 5.26 Å². The van der Waals surface area contributed by atoms with E-state index in [-0.39, 0.29) is 29.4 Å². The Morgan fingerprint density at radius 2 is 1.85 bits per heavy atom. The molecule has 6 rings (SSSR count). The third kappa shape index (κ3) is 3.89. The van der Waals surface area contributed by atoms with E-state index < -0.39 is 17.4 Å². The molecule has 1 amide bonds. The van der Waals surface area contributed by atoms with Crippen LogP contribution in [0.4, 0.5) is 5.69 Å². The molecule has 0 saturated carbocycles. The van der Waals surface area contributed by atoms with E-state index in [4.69, 9.17) is 17.3 Å². The molecular weight excluding hydrogens is 520 g/mol. The number of amides is 1. The van der Waals surface area contributed by atoms with Crippen molar-refractivity contribution >= 4 is 29.0 Å². The number of allylic oxidation sites excluding steroid dienone is 1. The summed E-state index contributed by atoms with van der Waals surface area (Å²) < 4.78 is 0. The fraction of sp³-hybridized carbons (Fsp3) is 0.242. The summed E-state index contributed by atoms with van der Waals surface area (Å²) in [5, 5.41) is 10.9. The topological polar surface area (TPSA) is 90.4 Å². The van der Waals surface area contributed by atoms with Crippen molar-refractivity contribution in [3.05, 3.63) is 123 Å². The molecule has 200 valence electrons. The lowest BCUT2D eigenvalue weighted by Crippen LogP contribution is -2.55. The number of carbonyl (C=O) groups excluding carboxylic acids is 2. The van der Waals surface area contributed by atoms with E-state index in [1.807, 2.05) is 85.6 Å². The first kappa shape index (κ1) is 26.1. The third-order valence-corrected chi connectivity index (χ3v) is 8.85. The van der Waals surface area contributed by atoms with E-state index in [2.05, 4.69) is 6.07 Å². The summed E-state index contributed by atoms with van der Waals surface area (Å²) in [6.07, 6.45) is 2.24. The molecule has 3 unspecified atom stereocenters. The summed E-state index contributed by atoms with van der Waals surface area (Å²) >= 11 is 6.51. The molecule has 2 heterocycles. The first-order valence-corrected chi connectivity index (χ1v) is 13.7. The van der Waals surface area contributed by atoms with Crippen LogP contribution in [0.3, 0.4) is 0 Å². The second-order valence-electron chi connectivity index (χ2n) is 10.9. The number of nitriles is 1. The number of nitrogens with zero attached hydrogens (tertiary/aromatic N) is 3. The number of hydrogen-bond donors (Lipinski definition) is 1. The van der Waals surface area contributed by atoms with E-state index in [9.17, 15) is 14.9 Å². The van der Waals surface area contributed by atoms with Crippen molar-refractivity contribution in [3.8, 4) is 6.07 Å². The maximum Gasteiger partial charge on any atom is 0.244 e. The predicted octanol–water partition coefficient (Wildman–Crippen LogP) is 5.31. The molecule has 7 heteroatoms. The minimum Gasteiger partial charge on any atom is -0.400 e. The summed E-state index contributed by atoms with van der Waals surface area (Å²) in [5.41, 5.74) is 10.8. The normalized spacial score (nSPS) is 24.0. The van der Waals surface area contributed by atoms with Crippen LogP contribution < -0.4 is 10.6 Å². The van der Waals surface area contributed by atoms with E-state index in [0.29, 0.717) is 29.2 Å². The van der Waals surface area contributed by atoms with Crippen molar-refractivity contribution < 1.29 is 9.59 Å². The highest BCUT2D eigenvalue weighted by Crippen LogP contribution is 2.56. The number of carbonyl (C=O) groups is 2. The molecule has 3 aromatic carbocycles. The zero-order chi connectivity index (χ0) is 28.2. The van der Waals surface area contributed by atoms with Crippen LogP contribution in [0.5, 0.6) is 0 Å². The number of fused-ring (bicyclic) bond motifs is 3. The number of Topliss-reactive ketones (excluding diaryl/α,β-unsaturated/α-hetero) is 1. The van der Waals surface area contributed by atoms with Gasteiger partial charge in [0, 0.05) is 34.4 Å². The van der Waals surface area contributed by atoms with Gasteiger partial charge in [-0.05, 0) is 55.3 Å². The van der Waals surface area contributed by atoms with Gasteiger partial charge in [0.15, 0.2) is 5.78 Å². The van der Waals surface area contributed by atoms with Gasteiger partial charge >= 0.3 is 0 Å². The largest absolute Gasteiger partial charge is 0.400 e. The fourth-order valence-corrected chi connectivity index (χ4v) is 6.79. The molecule has 2 N–H and O–H groups in total. The van der Waals surface area contributed by atoms with Gasteiger partial charge in [-0.3, -0.25) is 14.5 Å². The zero-order valence-electron chi connectivity index (χ0n) is 22.4. The van der Waals surface area contributed by atoms with Gasteiger partial charge in [-0.25, -0.2) is 0 Å². The summed E-state index contributed by atoms with van der Waals surface area (Å²) in [5.74, 6) is -0.654. The summed E-state index contributed by atoms with van der Waals surface area (Å²) in [6, 6.07) is 24.4. The molecule has 0 fully saturated rings. The SMILES string of the molecule is Cc1ccc(C(=O)C2C3CC4(C(=O)N(Cc5ccccc5)c5ccc(Cl)cc54)C(N)=C(C#N)C3=CCN2C)cc1. The Bertz CT molecular complexity index is 1640. The Morgan fingerprint density at radius 3 is 2.55 bits per heavy atom. The average molecular weight is 549 g/mol. The van der Waals surface area contributed by atoms with Crippen molar-refractivity contribution in [3.63, 3.8) is 0 Å². The Labute approximate surface area is 239 Å². The Morgan fingerprint density at radius 1 is 1.12 bits per heavy atom. The minimum atomic E-state index is -1.31. The van der Waals surface area contributed by atoms with Gasteiger partial charge in [0.25, 0.3) is 0 Å². The lowest BCUT2D eigenvalue weighted by molar-refractivity contribution is -0.123. The highest BCUT2D eigenvalue weighted by atomic mass is 35.5. The number of halogens is 1. The number of aryl methyl sites for hydroxylation is 1. The number of benzene rings is 3. The van der Waals surface area contributed by atoms with E-state index in [1.165, 1.54) is 0 Å². The van der Waals surface area contributed by atoms with Crippen LogP contribution in [0.25, 0.3) is 0 Å². The van der Waals surface area contributed by atoms with E-state index >= 15 is 0 Å². The molecule has 1 aliphatic carbocycles. The highest BCUT2D eigenvalue weighted by Gasteiger charge is 2.59. The number of rotatable bonds is 4. The predicted molar refractivity (Wildman–Crippen MR) is 156 cm³/mol. The summed E-state index contributed by atoms with van der Waals surface area (Å²) in [7, 11) is 1.91. The molecule has 3 aromatic rings. The number of hydrogen-bond acceptors (Lipinski definition) is 5. The van der Waals surface area contributed by atoms with Gasteiger partial charge in [-0.15, -0.1) is 0 Å². The standard InChI is InChI=1S/C33H29ClN4O2/c1-20-8-10-22(11-9-20)30(39)29-25-17-33(31(36)26(18-35)24(25)14-15-37(29)2)27-16-23(34)12-13-28(27)38(32(33)40)19-21-6-4-3-5-7-21/h3-14,16,25,29H,15,17,19,36H2,1-2H3. The molecule has 2 aliphatic heterocycles. The van der Waals surface area contributed by atoms with Crippen LogP contribution >= 0.6 is 11.6 Å². The molecule has 0 bridgehead atoms. The lowest BCUT2D eigenvalue weighted by atomic mass is 9.61. The Hall–Kier alpha value is -4.18. The van der Waals surface area contributed by atoms with Crippen LogP contribution in [-0.4, -0.2) is 36.2 Å². The molecule has 6 nitrogen and oxygen atoms in total. The molecule has 40 heavy (non-hydrogen) atoms. The zero-order valence-corrected chi connectivity index (χ0v) is 23.2. The van der Waals surface area contributed by atoms with Crippen molar-refractivity contribution in [2.45, 2.75) is 31.3 Å². The molecule has 0 aromatic heterocycles. The molecule has 0 radical (unpaired) electrons. The van der Waals surface area contributed by atoms with Crippen molar-refractivity contribution in [1.29, 1.82) is 5.26 Å². The maximum atomic E-state index is 14.6. The van der Waals surface area contributed by atoms with Crippen LogP contribution in [-0.2, 0) is 16.8 Å². The van der Waals surface area contributed by atoms with E-state index in [1.54, 1.807) is 17.0 Å². The summed E-state index contributed by atoms with van der Waals surface area (Å²) in [6.45, 7) is 2.83. The molecular formula is C33H29ClN4O2. The van der Waals surface area contributed by atoms with Gasteiger partial charge in [0.05, 0.1) is 18.2 Å². The van der Waals surface area contributed by atoms with Crippen molar-refractivity contribution in [2.75, 3.05) is 18.5 Å². The summed E-state index contributed by atoms with van der Waals surface area (Å²) in [4.78, 5) is 32.4. The molecule has 1 spiro atoms. The van der Waals surface area contributed by atoms with Gasteiger partial charge < -0.3 is 10.6 Å². The average Bonchev–Trinajstić information content (AvgIpc) is 3.17. The second kappa shape index (κ2) is 9.78. The minimum absolute atomic E-state index is 0.0380. The van der Waals surface area contributed by atoms with Gasteiger partial charge in [0.2, 0.25) is 5.91 Å².